The number of nitrogens with zero attached hydrogens (tertiary/aromatic N) is 2. The number of rotatable bonds is 5. The van der Waals surface area contributed by atoms with E-state index >= 15 is 0 Å². The van der Waals surface area contributed by atoms with Crippen LogP contribution in [0.2, 0.25) is 0 Å². The number of morpholine rings is 1. The van der Waals surface area contributed by atoms with Crippen molar-refractivity contribution in [3.8, 4) is 16.9 Å². The molecule has 1 aliphatic heterocycles. The number of nitrogens with two attached hydrogens (primary N) is 1. The lowest BCUT2D eigenvalue weighted by Gasteiger charge is -2.30. The molecule has 3 N–H and O–H groups in total. The predicted molar refractivity (Wildman–Crippen MR) is 114 cm³/mol. The first kappa shape index (κ1) is 18.5. The highest BCUT2D eigenvalue weighted by molar-refractivity contribution is 7.08. The summed E-state index contributed by atoms with van der Waals surface area (Å²) in [6, 6.07) is 9.74. The maximum absolute atomic E-state index is 8.89. The van der Waals surface area contributed by atoms with Crippen LogP contribution in [0.3, 0.4) is 0 Å². The van der Waals surface area contributed by atoms with Crippen molar-refractivity contribution >= 4 is 28.6 Å². The van der Waals surface area contributed by atoms with Gasteiger partial charge in [0.1, 0.15) is 11.6 Å². The summed E-state index contributed by atoms with van der Waals surface area (Å²) in [6.07, 6.45) is 1.69. The Bertz CT molecular complexity index is 982. The molecule has 2 aromatic heterocycles. The Hall–Kier alpha value is -2.90. The summed E-state index contributed by atoms with van der Waals surface area (Å²) in [4.78, 5) is 6.46. The molecule has 0 bridgehead atoms. The third kappa shape index (κ3) is 3.46. The smallest absolute Gasteiger partial charge is 0.142 e. The maximum atomic E-state index is 8.89. The monoisotopic (exact) mass is 394 g/mol. The Morgan fingerprint density at radius 1 is 1.25 bits per heavy atom. The molecular weight excluding hydrogens is 372 g/mol. The number of nitrogen functional groups attached to an aromatic ring is 1. The van der Waals surface area contributed by atoms with Crippen molar-refractivity contribution in [1.29, 1.82) is 5.41 Å². The number of ether oxygens (including phenoxy) is 2. The largest absolute Gasteiger partial charge is 0.495 e. The Labute approximate surface area is 168 Å². The van der Waals surface area contributed by atoms with E-state index < -0.39 is 0 Å². The van der Waals surface area contributed by atoms with Crippen molar-refractivity contribution < 1.29 is 9.47 Å². The normalized spacial score (nSPS) is 14.1. The van der Waals surface area contributed by atoms with E-state index in [1.165, 1.54) is 0 Å². The van der Waals surface area contributed by atoms with E-state index in [9.17, 15) is 0 Å². The van der Waals surface area contributed by atoms with Crippen LogP contribution in [0.4, 0.5) is 11.5 Å². The van der Waals surface area contributed by atoms with Gasteiger partial charge in [-0.15, -0.1) is 0 Å². The van der Waals surface area contributed by atoms with E-state index in [1.54, 1.807) is 24.6 Å². The molecule has 3 heterocycles. The fraction of sp³-hybridized carbons (Fsp3) is 0.238. The number of hydrogen-bond acceptors (Lipinski definition) is 7. The van der Waals surface area contributed by atoms with Gasteiger partial charge in [-0.3, -0.25) is 5.41 Å². The molecule has 144 valence electrons. The van der Waals surface area contributed by atoms with Crippen molar-refractivity contribution in [3.05, 3.63) is 58.4 Å². The quantitative estimate of drug-likeness (QED) is 0.645. The second-order valence-electron chi connectivity index (χ2n) is 6.49. The van der Waals surface area contributed by atoms with E-state index in [1.807, 2.05) is 35.7 Å². The molecule has 1 saturated heterocycles. The summed E-state index contributed by atoms with van der Waals surface area (Å²) >= 11 is 1.62. The van der Waals surface area contributed by atoms with Gasteiger partial charge < -0.3 is 20.1 Å². The molecule has 0 saturated carbocycles. The number of hydrogen-bond donors (Lipinski definition) is 2. The van der Waals surface area contributed by atoms with Crippen LogP contribution in [0.5, 0.6) is 5.75 Å². The molecule has 0 spiro atoms. The highest BCUT2D eigenvalue weighted by atomic mass is 32.1. The minimum absolute atomic E-state index is 0.351. The Morgan fingerprint density at radius 3 is 2.79 bits per heavy atom. The zero-order chi connectivity index (χ0) is 19.5. The number of methoxy groups -OCH3 is 1. The predicted octanol–water partition coefficient (Wildman–Crippen LogP) is 3.65. The minimum atomic E-state index is 0.351. The van der Waals surface area contributed by atoms with Crippen LogP contribution in [0.25, 0.3) is 11.1 Å². The zero-order valence-corrected chi connectivity index (χ0v) is 16.5. The van der Waals surface area contributed by atoms with Crippen LogP contribution >= 0.6 is 11.3 Å². The molecule has 1 fully saturated rings. The second-order valence-corrected chi connectivity index (χ2v) is 7.27. The molecule has 6 nitrogen and oxygen atoms in total. The summed E-state index contributed by atoms with van der Waals surface area (Å²) in [5.41, 5.74) is 10.9. The van der Waals surface area contributed by atoms with Crippen molar-refractivity contribution in [3.63, 3.8) is 0 Å². The summed E-state index contributed by atoms with van der Waals surface area (Å²) in [6.45, 7) is 2.95. The Balaban J connectivity index is 1.77. The van der Waals surface area contributed by atoms with Crippen LogP contribution in [0.15, 0.2) is 47.3 Å². The second kappa shape index (κ2) is 8.00. The van der Waals surface area contributed by atoms with Crippen molar-refractivity contribution in [2.75, 3.05) is 44.0 Å². The number of anilines is 2. The maximum Gasteiger partial charge on any atom is 0.142 e. The SMILES string of the molecule is COc1ccc(C(=N)c2c(-c3ccsc3)ccnc2N)cc1N1CCOCC1. The van der Waals surface area contributed by atoms with Gasteiger partial charge in [0.05, 0.1) is 37.3 Å². The fourth-order valence-electron chi connectivity index (χ4n) is 3.44. The van der Waals surface area contributed by atoms with Gasteiger partial charge in [-0.2, -0.15) is 11.3 Å². The number of thiophene rings is 1. The average Bonchev–Trinajstić information content (AvgIpc) is 3.28. The molecule has 7 heteroatoms. The van der Waals surface area contributed by atoms with Gasteiger partial charge in [0.25, 0.3) is 0 Å². The molecule has 1 aromatic carbocycles. The standard InChI is InChI=1S/C21H22N4O2S/c1-26-18-3-2-14(12-17(18)25-7-9-27-10-8-25)20(22)19-16(4-6-24-21(19)23)15-5-11-28-13-15/h2-6,11-13,22H,7-10H2,1H3,(H2,23,24). The van der Waals surface area contributed by atoms with Crippen molar-refractivity contribution in [2.45, 2.75) is 0 Å². The Kier molecular flexibility index (Phi) is 5.27. The van der Waals surface area contributed by atoms with Crippen molar-refractivity contribution in [2.24, 2.45) is 0 Å². The van der Waals surface area contributed by atoms with Crippen LogP contribution < -0.4 is 15.4 Å². The minimum Gasteiger partial charge on any atom is -0.495 e. The third-order valence-electron chi connectivity index (χ3n) is 4.88. The van der Waals surface area contributed by atoms with Crippen LogP contribution in [-0.4, -0.2) is 44.1 Å². The molecule has 3 aromatic rings. The first-order valence-electron chi connectivity index (χ1n) is 9.06. The first-order chi connectivity index (χ1) is 13.7. The molecule has 0 aliphatic carbocycles. The van der Waals surface area contributed by atoms with E-state index in [4.69, 9.17) is 20.6 Å². The van der Waals surface area contributed by atoms with Gasteiger partial charge in [-0.1, -0.05) is 0 Å². The molecule has 1 aliphatic rings. The van der Waals surface area contributed by atoms with Crippen LogP contribution in [-0.2, 0) is 4.74 Å². The molecule has 4 rings (SSSR count). The van der Waals surface area contributed by atoms with Gasteiger partial charge in [0, 0.05) is 24.8 Å². The fourth-order valence-corrected chi connectivity index (χ4v) is 4.10. The molecule has 0 unspecified atom stereocenters. The van der Waals surface area contributed by atoms with Gasteiger partial charge in [0.2, 0.25) is 0 Å². The average molecular weight is 395 g/mol. The lowest BCUT2D eigenvalue weighted by atomic mass is 9.95. The number of nitrogens with one attached hydrogen (secondary N) is 1. The first-order valence-corrected chi connectivity index (χ1v) is 10.0. The van der Waals surface area contributed by atoms with Crippen LogP contribution in [0, 0.1) is 5.41 Å². The number of benzene rings is 1. The highest BCUT2D eigenvalue weighted by Crippen LogP contribution is 2.34. The topological polar surface area (TPSA) is 84.5 Å². The molecule has 0 atom stereocenters. The lowest BCUT2D eigenvalue weighted by molar-refractivity contribution is 0.122. The molecule has 0 amide bonds. The highest BCUT2D eigenvalue weighted by Gasteiger charge is 2.20. The number of pyridine rings is 1. The third-order valence-corrected chi connectivity index (χ3v) is 5.57. The van der Waals surface area contributed by atoms with Crippen LogP contribution in [0.1, 0.15) is 11.1 Å². The van der Waals surface area contributed by atoms with E-state index in [0.29, 0.717) is 30.3 Å². The Morgan fingerprint density at radius 2 is 2.07 bits per heavy atom. The van der Waals surface area contributed by atoms with E-state index in [-0.39, 0.29) is 0 Å². The van der Waals surface area contributed by atoms with Gasteiger partial charge in [-0.05, 0) is 52.2 Å². The van der Waals surface area contributed by atoms with E-state index in [0.717, 1.165) is 41.2 Å². The summed E-state index contributed by atoms with van der Waals surface area (Å²) in [5, 5.41) is 13.0. The van der Waals surface area contributed by atoms with E-state index in [2.05, 4.69) is 15.3 Å². The lowest BCUT2D eigenvalue weighted by Crippen LogP contribution is -2.36. The van der Waals surface area contributed by atoms with Crippen molar-refractivity contribution in [1.82, 2.24) is 4.98 Å². The summed E-state index contributed by atoms with van der Waals surface area (Å²) in [7, 11) is 1.66. The number of aromatic nitrogens is 1. The zero-order valence-electron chi connectivity index (χ0n) is 15.6. The van der Waals surface area contributed by atoms with Gasteiger partial charge in [0.15, 0.2) is 0 Å². The molecular formula is C21H22N4O2S. The van der Waals surface area contributed by atoms with Gasteiger partial charge in [-0.25, -0.2) is 4.98 Å². The van der Waals surface area contributed by atoms with Gasteiger partial charge >= 0.3 is 0 Å². The summed E-state index contributed by atoms with van der Waals surface area (Å²) in [5.74, 6) is 1.15. The molecule has 0 radical (unpaired) electrons. The summed E-state index contributed by atoms with van der Waals surface area (Å²) < 4.78 is 11.0. The molecule has 28 heavy (non-hydrogen) atoms.